The summed E-state index contributed by atoms with van der Waals surface area (Å²) in [7, 11) is 1.29. The number of rotatable bonds is 4. The molecule has 0 aliphatic carbocycles. The first kappa shape index (κ1) is 14.5. The lowest BCUT2D eigenvalue weighted by atomic mass is 10.1. The summed E-state index contributed by atoms with van der Waals surface area (Å²) in [5.74, 6) is -0.942. The van der Waals surface area contributed by atoms with Gasteiger partial charge in [-0.3, -0.25) is 14.5 Å². The van der Waals surface area contributed by atoms with Gasteiger partial charge in [-0.2, -0.15) is 0 Å². The van der Waals surface area contributed by atoms with Crippen LogP contribution in [0.5, 0.6) is 0 Å². The van der Waals surface area contributed by atoms with E-state index < -0.39 is 12.0 Å². The topological polar surface area (TPSA) is 58.6 Å². The summed E-state index contributed by atoms with van der Waals surface area (Å²) in [6.07, 6.45) is -0.00233. The first-order valence-electron chi connectivity index (χ1n) is 6.43. The van der Waals surface area contributed by atoms with Gasteiger partial charge in [0.15, 0.2) is 0 Å². The average molecular weight is 280 g/mol. The molecule has 1 atom stereocenters. The van der Waals surface area contributed by atoms with Crippen LogP contribution >= 0.6 is 0 Å². The van der Waals surface area contributed by atoms with Crippen LogP contribution in [0.25, 0.3) is 0 Å². The molecule has 2 rings (SSSR count). The summed E-state index contributed by atoms with van der Waals surface area (Å²) >= 11 is 0. The first-order valence-corrected chi connectivity index (χ1v) is 6.43. The van der Waals surface area contributed by atoms with Gasteiger partial charge in [-0.1, -0.05) is 12.1 Å². The fraction of sp³-hybridized carbons (Fsp3) is 0.429. The summed E-state index contributed by atoms with van der Waals surface area (Å²) in [6, 6.07) is 5.66. The van der Waals surface area contributed by atoms with Crippen LogP contribution in [-0.4, -0.2) is 43.0 Å². The Kier molecular flexibility index (Phi) is 4.68. The number of hydrogen-bond donors (Lipinski definition) is 1. The molecule has 0 radical (unpaired) electrons. The maximum atomic E-state index is 13.2. The van der Waals surface area contributed by atoms with Crippen molar-refractivity contribution in [2.75, 3.05) is 20.2 Å². The quantitative estimate of drug-likeness (QED) is 0.824. The van der Waals surface area contributed by atoms with Crippen molar-refractivity contribution in [1.29, 1.82) is 0 Å². The van der Waals surface area contributed by atoms with Gasteiger partial charge in [0.05, 0.1) is 13.5 Å². The van der Waals surface area contributed by atoms with Crippen LogP contribution in [0.1, 0.15) is 12.0 Å². The molecular formula is C14H17FN2O3. The van der Waals surface area contributed by atoms with Gasteiger partial charge in [-0.15, -0.1) is 0 Å². The van der Waals surface area contributed by atoms with E-state index in [1.807, 2.05) is 4.90 Å². The molecule has 1 aliphatic rings. The molecule has 0 saturated carbocycles. The van der Waals surface area contributed by atoms with Crippen LogP contribution < -0.4 is 5.32 Å². The van der Waals surface area contributed by atoms with E-state index in [0.29, 0.717) is 19.6 Å². The zero-order chi connectivity index (χ0) is 14.5. The fourth-order valence-corrected chi connectivity index (χ4v) is 2.28. The second kappa shape index (κ2) is 6.47. The lowest BCUT2D eigenvalue weighted by molar-refractivity contribution is -0.146. The van der Waals surface area contributed by atoms with Crippen LogP contribution in [0.3, 0.4) is 0 Å². The van der Waals surface area contributed by atoms with Gasteiger partial charge in [-0.05, 0) is 17.7 Å². The Morgan fingerprint density at radius 2 is 2.35 bits per heavy atom. The van der Waals surface area contributed by atoms with E-state index in [1.165, 1.54) is 19.2 Å². The molecule has 20 heavy (non-hydrogen) atoms. The Balaban J connectivity index is 2.10. The van der Waals surface area contributed by atoms with E-state index in [0.717, 1.165) is 5.56 Å². The highest BCUT2D eigenvalue weighted by Crippen LogP contribution is 2.15. The van der Waals surface area contributed by atoms with Gasteiger partial charge in [0.1, 0.15) is 11.9 Å². The number of carbonyl (C=O) groups excluding carboxylic acids is 2. The second-order valence-corrected chi connectivity index (χ2v) is 4.69. The van der Waals surface area contributed by atoms with Crippen LogP contribution in [0.15, 0.2) is 24.3 Å². The molecule has 0 bridgehead atoms. The van der Waals surface area contributed by atoms with E-state index >= 15 is 0 Å². The predicted octanol–water partition coefficient (Wildman–Crippen LogP) is 0.689. The molecule has 0 spiro atoms. The number of piperazine rings is 1. The Hall–Kier alpha value is -1.95. The zero-order valence-corrected chi connectivity index (χ0v) is 11.3. The fourth-order valence-electron chi connectivity index (χ4n) is 2.28. The minimum Gasteiger partial charge on any atom is -0.469 e. The van der Waals surface area contributed by atoms with Crippen molar-refractivity contribution in [1.82, 2.24) is 10.2 Å². The van der Waals surface area contributed by atoms with Gasteiger partial charge in [-0.25, -0.2) is 4.39 Å². The standard InChI is InChI=1S/C14H17FN2O3/c1-20-13(18)8-12-14(19)16-5-6-17(12)9-10-3-2-4-11(15)7-10/h2-4,7,12H,5-6,8-9H2,1H3,(H,16,19)/t12-/m0/s1. The molecule has 1 aromatic carbocycles. The molecule has 108 valence electrons. The number of benzene rings is 1. The second-order valence-electron chi connectivity index (χ2n) is 4.69. The van der Waals surface area contributed by atoms with Gasteiger partial charge in [0.2, 0.25) is 5.91 Å². The van der Waals surface area contributed by atoms with Gasteiger partial charge < -0.3 is 10.1 Å². The Morgan fingerprint density at radius 1 is 1.55 bits per heavy atom. The summed E-state index contributed by atoms with van der Waals surface area (Å²) in [5.41, 5.74) is 0.773. The van der Waals surface area contributed by atoms with E-state index in [2.05, 4.69) is 10.1 Å². The number of amides is 1. The monoisotopic (exact) mass is 280 g/mol. The molecule has 1 N–H and O–H groups in total. The Morgan fingerprint density at radius 3 is 3.05 bits per heavy atom. The van der Waals surface area contributed by atoms with Crippen LogP contribution in [-0.2, 0) is 20.9 Å². The summed E-state index contributed by atoms with van der Waals surface area (Å²) in [4.78, 5) is 25.1. The van der Waals surface area contributed by atoms with Crippen molar-refractivity contribution in [3.63, 3.8) is 0 Å². The number of nitrogens with zero attached hydrogens (tertiary/aromatic N) is 1. The largest absolute Gasteiger partial charge is 0.469 e. The molecule has 1 heterocycles. The summed E-state index contributed by atoms with van der Waals surface area (Å²) in [6.45, 7) is 1.56. The zero-order valence-electron chi connectivity index (χ0n) is 11.3. The molecule has 1 fully saturated rings. The van der Waals surface area contributed by atoms with E-state index in [9.17, 15) is 14.0 Å². The lowest BCUT2D eigenvalue weighted by Crippen LogP contribution is -2.55. The van der Waals surface area contributed by atoms with E-state index in [1.54, 1.807) is 12.1 Å². The van der Waals surface area contributed by atoms with Crippen molar-refractivity contribution in [3.05, 3.63) is 35.6 Å². The van der Waals surface area contributed by atoms with Crippen molar-refractivity contribution < 1.29 is 18.7 Å². The highest BCUT2D eigenvalue weighted by atomic mass is 19.1. The molecule has 6 heteroatoms. The molecule has 1 aliphatic heterocycles. The smallest absolute Gasteiger partial charge is 0.307 e. The maximum absolute atomic E-state index is 13.2. The SMILES string of the molecule is COC(=O)C[C@H]1C(=O)NCCN1Cc1cccc(F)c1. The summed E-state index contributed by atoms with van der Waals surface area (Å²) < 4.78 is 17.8. The number of methoxy groups -OCH3 is 1. The van der Waals surface area contributed by atoms with E-state index in [4.69, 9.17) is 0 Å². The van der Waals surface area contributed by atoms with E-state index in [-0.39, 0.29) is 18.1 Å². The minimum absolute atomic E-state index is 0.00233. The van der Waals surface area contributed by atoms with Gasteiger partial charge in [0, 0.05) is 19.6 Å². The molecular weight excluding hydrogens is 263 g/mol. The highest BCUT2D eigenvalue weighted by Gasteiger charge is 2.31. The minimum atomic E-state index is -0.570. The molecule has 0 aromatic heterocycles. The molecule has 1 saturated heterocycles. The number of carbonyl (C=O) groups is 2. The lowest BCUT2D eigenvalue weighted by Gasteiger charge is -2.34. The molecule has 5 nitrogen and oxygen atoms in total. The third kappa shape index (κ3) is 3.54. The van der Waals surface area contributed by atoms with Gasteiger partial charge >= 0.3 is 5.97 Å². The molecule has 1 aromatic rings. The first-order chi connectivity index (χ1) is 9.60. The molecule has 1 amide bonds. The van der Waals surface area contributed by atoms with Crippen molar-refractivity contribution >= 4 is 11.9 Å². The van der Waals surface area contributed by atoms with Crippen molar-refractivity contribution in [2.45, 2.75) is 19.0 Å². The third-order valence-electron chi connectivity index (χ3n) is 3.30. The Bertz CT molecular complexity index is 507. The number of hydrogen-bond acceptors (Lipinski definition) is 4. The number of ether oxygens (including phenoxy) is 1. The maximum Gasteiger partial charge on any atom is 0.307 e. The third-order valence-corrected chi connectivity index (χ3v) is 3.30. The van der Waals surface area contributed by atoms with Crippen molar-refractivity contribution in [3.8, 4) is 0 Å². The van der Waals surface area contributed by atoms with Gasteiger partial charge in [0.25, 0.3) is 0 Å². The van der Waals surface area contributed by atoms with Crippen LogP contribution in [0.2, 0.25) is 0 Å². The average Bonchev–Trinajstić information content (AvgIpc) is 2.42. The number of esters is 1. The highest BCUT2D eigenvalue weighted by molar-refractivity contribution is 5.87. The van der Waals surface area contributed by atoms with Crippen molar-refractivity contribution in [2.24, 2.45) is 0 Å². The predicted molar refractivity (Wildman–Crippen MR) is 70.2 cm³/mol. The normalized spacial score (nSPS) is 19.5. The number of halogens is 1. The number of nitrogens with one attached hydrogen (secondary N) is 1. The van der Waals surface area contributed by atoms with Crippen LogP contribution in [0.4, 0.5) is 4.39 Å². The summed E-state index contributed by atoms with van der Waals surface area (Å²) in [5, 5.41) is 2.73. The Labute approximate surface area is 116 Å². The van der Waals surface area contributed by atoms with Crippen LogP contribution in [0, 0.1) is 5.82 Å². The molecule has 0 unspecified atom stereocenters.